The number of rotatable bonds is 5. The van der Waals surface area contributed by atoms with Gasteiger partial charge >= 0.3 is 5.97 Å². The predicted molar refractivity (Wildman–Crippen MR) is 101 cm³/mol. The second-order valence-corrected chi connectivity index (χ2v) is 7.30. The number of amides is 2. The number of thiophene rings is 1. The first-order chi connectivity index (χ1) is 12.4. The van der Waals surface area contributed by atoms with E-state index in [0.29, 0.717) is 15.6 Å². The first-order valence-corrected chi connectivity index (χ1v) is 9.25. The molecule has 2 amide bonds. The summed E-state index contributed by atoms with van der Waals surface area (Å²) in [4.78, 5) is 35.8. The van der Waals surface area contributed by atoms with Gasteiger partial charge in [0, 0.05) is 12.6 Å². The maximum Gasteiger partial charge on any atom is 0.349 e. The van der Waals surface area contributed by atoms with Crippen LogP contribution in [0.15, 0.2) is 30.3 Å². The van der Waals surface area contributed by atoms with Gasteiger partial charge in [0.15, 0.2) is 6.10 Å². The van der Waals surface area contributed by atoms with E-state index in [0.717, 1.165) is 30.6 Å². The Hall–Kier alpha value is -2.67. The third-order valence-corrected chi connectivity index (χ3v) is 5.11. The van der Waals surface area contributed by atoms with Gasteiger partial charge in [-0.15, -0.1) is 11.3 Å². The summed E-state index contributed by atoms with van der Waals surface area (Å²) in [6, 6.07) is 9.06. The average molecular weight is 372 g/mol. The summed E-state index contributed by atoms with van der Waals surface area (Å²) in [5, 5.41) is 5.95. The van der Waals surface area contributed by atoms with E-state index >= 15 is 0 Å². The quantitative estimate of drug-likeness (QED) is 0.788. The highest BCUT2D eigenvalue weighted by Crippen LogP contribution is 2.25. The molecule has 1 aromatic carbocycles. The molecule has 1 heterocycles. The van der Waals surface area contributed by atoms with Crippen LogP contribution in [0.25, 0.3) is 0 Å². The Balaban J connectivity index is 1.57. The normalized spacial score (nSPS) is 13.6. The molecule has 1 aromatic heterocycles. The highest BCUT2D eigenvalue weighted by atomic mass is 32.1. The summed E-state index contributed by atoms with van der Waals surface area (Å²) in [5.41, 5.74) is 3.30. The minimum Gasteiger partial charge on any atom is -0.448 e. The summed E-state index contributed by atoms with van der Waals surface area (Å²) < 4.78 is 5.23. The molecule has 6 nitrogen and oxygen atoms in total. The van der Waals surface area contributed by atoms with Gasteiger partial charge in [0.2, 0.25) is 5.91 Å². The lowest BCUT2D eigenvalue weighted by Crippen LogP contribution is -2.29. The first kappa shape index (κ1) is 18.1. The molecule has 0 aliphatic heterocycles. The maximum absolute atomic E-state index is 12.3. The summed E-state index contributed by atoms with van der Waals surface area (Å²) in [6.45, 7) is 2.92. The predicted octanol–water partition coefficient (Wildman–Crippen LogP) is 3.38. The Morgan fingerprint density at radius 3 is 2.62 bits per heavy atom. The zero-order chi connectivity index (χ0) is 18.7. The fourth-order valence-electron chi connectivity index (χ4n) is 2.85. The van der Waals surface area contributed by atoms with Crippen molar-refractivity contribution in [3.05, 3.63) is 46.3 Å². The number of benzene rings is 1. The molecule has 2 aromatic rings. The van der Waals surface area contributed by atoms with Crippen LogP contribution in [0.2, 0.25) is 0 Å². The van der Waals surface area contributed by atoms with Crippen LogP contribution in [0.4, 0.5) is 10.7 Å². The Morgan fingerprint density at radius 2 is 1.85 bits per heavy atom. The number of anilines is 2. The lowest BCUT2D eigenvalue weighted by atomic mass is 10.1. The minimum atomic E-state index is -0.929. The molecule has 0 bridgehead atoms. The molecule has 1 aliphatic carbocycles. The van der Waals surface area contributed by atoms with E-state index in [1.165, 1.54) is 25.0 Å². The molecule has 26 heavy (non-hydrogen) atoms. The Morgan fingerprint density at radius 1 is 1.08 bits per heavy atom. The van der Waals surface area contributed by atoms with Crippen molar-refractivity contribution in [2.45, 2.75) is 39.2 Å². The number of hydrogen-bond donors (Lipinski definition) is 2. The highest BCUT2D eigenvalue weighted by Gasteiger charge is 2.21. The smallest absolute Gasteiger partial charge is 0.349 e. The van der Waals surface area contributed by atoms with Gasteiger partial charge in [0.05, 0.1) is 5.00 Å². The Labute approximate surface area is 155 Å². The molecule has 0 fully saturated rings. The van der Waals surface area contributed by atoms with Crippen LogP contribution >= 0.6 is 11.3 Å². The number of hydrogen-bond acceptors (Lipinski definition) is 5. The number of aryl methyl sites for hydroxylation is 2. The topological polar surface area (TPSA) is 84.5 Å². The van der Waals surface area contributed by atoms with Gasteiger partial charge in [-0.25, -0.2) is 4.79 Å². The molecular formula is C19H20N2O4S. The van der Waals surface area contributed by atoms with E-state index in [1.54, 1.807) is 12.1 Å². The second kappa shape index (κ2) is 7.70. The third kappa shape index (κ3) is 4.29. The molecule has 2 N–H and O–H groups in total. The summed E-state index contributed by atoms with van der Waals surface area (Å²) in [5.74, 6) is -1.19. The number of carbonyl (C=O) groups is 3. The molecule has 3 rings (SSSR count). The van der Waals surface area contributed by atoms with Crippen molar-refractivity contribution in [1.29, 1.82) is 0 Å². The monoisotopic (exact) mass is 372 g/mol. The summed E-state index contributed by atoms with van der Waals surface area (Å²) in [7, 11) is 0. The van der Waals surface area contributed by atoms with Crippen molar-refractivity contribution in [2.75, 3.05) is 10.6 Å². The molecule has 1 aliphatic rings. The zero-order valence-electron chi connectivity index (χ0n) is 14.6. The number of carbonyl (C=O) groups excluding carboxylic acids is 3. The summed E-state index contributed by atoms with van der Waals surface area (Å²) >= 11 is 1.10. The molecule has 0 saturated heterocycles. The van der Waals surface area contributed by atoms with E-state index in [1.807, 2.05) is 18.2 Å². The molecule has 0 saturated carbocycles. The lowest BCUT2D eigenvalue weighted by molar-refractivity contribution is -0.123. The standard InChI is InChI=1S/C19H20N2O4S/c1-11(25-19(24)16-8-9-17(26-16)20-12(2)22)18(23)21-15-7-6-13-4-3-5-14(13)10-15/h6-11H,3-5H2,1-2H3,(H,20,22)(H,21,23)/t11-/m1/s1. The molecule has 0 radical (unpaired) electrons. The Kier molecular flexibility index (Phi) is 5.37. The molecule has 1 atom stereocenters. The van der Waals surface area contributed by atoms with Crippen LogP contribution < -0.4 is 10.6 Å². The van der Waals surface area contributed by atoms with E-state index in [4.69, 9.17) is 4.74 Å². The fourth-order valence-corrected chi connectivity index (χ4v) is 3.69. The van der Waals surface area contributed by atoms with Gasteiger partial charge in [-0.05, 0) is 61.6 Å². The Bertz CT molecular complexity index is 859. The van der Waals surface area contributed by atoms with Crippen molar-refractivity contribution >= 4 is 39.8 Å². The van der Waals surface area contributed by atoms with Crippen LogP contribution in [0.1, 0.15) is 41.1 Å². The largest absolute Gasteiger partial charge is 0.448 e. The lowest BCUT2D eigenvalue weighted by Gasteiger charge is -2.13. The second-order valence-electron chi connectivity index (χ2n) is 6.22. The van der Waals surface area contributed by atoms with Gasteiger partial charge in [-0.2, -0.15) is 0 Å². The molecule has 7 heteroatoms. The number of ether oxygens (including phenoxy) is 1. The summed E-state index contributed by atoms with van der Waals surface area (Å²) in [6.07, 6.45) is 2.32. The SMILES string of the molecule is CC(=O)Nc1ccc(C(=O)O[C@H](C)C(=O)Nc2ccc3c(c2)CCC3)s1. The average Bonchev–Trinajstić information content (AvgIpc) is 3.22. The van der Waals surface area contributed by atoms with Crippen LogP contribution in [-0.4, -0.2) is 23.9 Å². The van der Waals surface area contributed by atoms with Crippen molar-refractivity contribution in [2.24, 2.45) is 0 Å². The minimum absolute atomic E-state index is 0.214. The van der Waals surface area contributed by atoms with E-state index < -0.39 is 12.1 Å². The molecule has 0 unspecified atom stereocenters. The van der Waals surface area contributed by atoms with Crippen molar-refractivity contribution in [3.8, 4) is 0 Å². The van der Waals surface area contributed by atoms with Gasteiger partial charge in [-0.3, -0.25) is 9.59 Å². The van der Waals surface area contributed by atoms with Gasteiger partial charge in [-0.1, -0.05) is 6.07 Å². The molecular weight excluding hydrogens is 352 g/mol. The molecule has 0 spiro atoms. The van der Waals surface area contributed by atoms with Crippen molar-refractivity contribution in [1.82, 2.24) is 0 Å². The van der Waals surface area contributed by atoms with E-state index in [2.05, 4.69) is 10.6 Å². The van der Waals surface area contributed by atoms with E-state index in [-0.39, 0.29) is 11.8 Å². The van der Waals surface area contributed by atoms with E-state index in [9.17, 15) is 14.4 Å². The fraction of sp³-hybridized carbons (Fsp3) is 0.316. The number of esters is 1. The van der Waals surface area contributed by atoms with Gasteiger partial charge in [0.1, 0.15) is 4.88 Å². The van der Waals surface area contributed by atoms with Crippen molar-refractivity contribution < 1.29 is 19.1 Å². The van der Waals surface area contributed by atoms with Crippen molar-refractivity contribution in [3.63, 3.8) is 0 Å². The van der Waals surface area contributed by atoms with Crippen LogP contribution in [0.3, 0.4) is 0 Å². The van der Waals surface area contributed by atoms with Crippen LogP contribution in [0, 0.1) is 0 Å². The highest BCUT2D eigenvalue weighted by molar-refractivity contribution is 7.18. The number of nitrogens with one attached hydrogen (secondary N) is 2. The van der Waals surface area contributed by atoms with Gasteiger partial charge in [0.25, 0.3) is 5.91 Å². The first-order valence-electron chi connectivity index (χ1n) is 8.43. The van der Waals surface area contributed by atoms with Crippen LogP contribution in [-0.2, 0) is 27.2 Å². The third-order valence-electron chi connectivity index (χ3n) is 4.13. The zero-order valence-corrected chi connectivity index (χ0v) is 15.4. The molecule has 136 valence electrons. The maximum atomic E-state index is 12.3. The van der Waals surface area contributed by atoms with Gasteiger partial charge < -0.3 is 15.4 Å². The number of fused-ring (bicyclic) bond motifs is 1. The van der Waals surface area contributed by atoms with Crippen LogP contribution in [0.5, 0.6) is 0 Å².